The van der Waals surface area contributed by atoms with Gasteiger partial charge in [-0.1, -0.05) is 25.5 Å². The number of aliphatic carboxylic acids is 1. The fourth-order valence-electron chi connectivity index (χ4n) is 1.18. The summed E-state index contributed by atoms with van der Waals surface area (Å²) in [7, 11) is 0. The standard InChI is InChI=1S/C13H16O3.Li/c1-2-3-10-16-12-7-4-11(5-8-12)6-9-13(14)15;/h4-9H,2-3,10H2,1H3,(H,14,15);/q;+1/b9-6+;. The van der Waals surface area contributed by atoms with Gasteiger partial charge in [0.25, 0.3) is 0 Å². The Morgan fingerprint density at radius 1 is 1.35 bits per heavy atom. The molecule has 0 aliphatic rings. The molecule has 0 saturated heterocycles. The van der Waals surface area contributed by atoms with Crippen molar-refractivity contribution in [3.05, 3.63) is 35.9 Å². The Kier molecular flexibility index (Phi) is 8.30. The molecule has 0 heterocycles. The summed E-state index contributed by atoms with van der Waals surface area (Å²) in [5.74, 6) is -0.121. The third kappa shape index (κ3) is 6.88. The van der Waals surface area contributed by atoms with E-state index in [4.69, 9.17) is 9.84 Å². The normalized spacial score (nSPS) is 9.94. The molecule has 3 nitrogen and oxygen atoms in total. The number of ether oxygens (including phenoxy) is 1. The summed E-state index contributed by atoms with van der Waals surface area (Å²) in [6.45, 7) is 2.84. The van der Waals surface area contributed by atoms with Crippen molar-refractivity contribution in [3.8, 4) is 5.75 Å². The Morgan fingerprint density at radius 2 is 2.00 bits per heavy atom. The van der Waals surface area contributed by atoms with E-state index in [0.717, 1.165) is 36.8 Å². The van der Waals surface area contributed by atoms with Gasteiger partial charge in [0.15, 0.2) is 0 Å². The van der Waals surface area contributed by atoms with Gasteiger partial charge in [0.05, 0.1) is 6.61 Å². The van der Waals surface area contributed by atoms with Gasteiger partial charge in [-0.25, -0.2) is 4.79 Å². The van der Waals surface area contributed by atoms with Crippen LogP contribution in [0, 0.1) is 0 Å². The van der Waals surface area contributed by atoms with Crippen molar-refractivity contribution in [1.82, 2.24) is 0 Å². The predicted octanol–water partition coefficient (Wildman–Crippen LogP) is -0.0327. The number of rotatable bonds is 6. The molecule has 0 aliphatic carbocycles. The van der Waals surface area contributed by atoms with Crippen molar-refractivity contribution in [1.29, 1.82) is 0 Å². The average Bonchev–Trinajstić information content (AvgIpc) is 2.28. The van der Waals surface area contributed by atoms with Gasteiger partial charge < -0.3 is 9.84 Å². The molecule has 17 heavy (non-hydrogen) atoms. The first-order valence-electron chi connectivity index (χ1n) is 5.36. The van der Waals surface area contributed by atoms with E-state index in [2.05, 4.69) is 6.92 Å². The zero-order valence-electron chi connectivity index (χ0n) is 10.3. The molecule has 1 N–H and O–H groups in total. The van der Waals surface area contributed by atoms with Crippen molar-refractivity contribution >= 4 is 12.0 Å². The maximum absolute atomic E-state index is 10.3. The molecule has 0 bridgehead atoms. The van der Waals surface area contributed by atoms with Gasteiger partial charge in [0.2, 0.25) is 0 Å². The van der Waals surface area contributed by atoms with Crippen LogP contribution in [0.2, 0.25) is 0 Å². The third-order valence-electron chi connectivity index (χ3n) is 2.07. The maximum Gasteiger partial charge on any atom is 1.00 e. The second-order valence-corrected chi connectivity index (χ2v) is 3.44. The number of carboxylic acid groups (broad SMARTS) is 1. The van der Waals surface area contributed by atoms with E-state index in [0.29, 0.717) is 0 Å². The number of hydrogen-bond donors (Lipinski definition) is 1. The van der Waals surface area contributed by atoms with Gasteiger partial charge in [-0.3, -0.25) is 0 Å². The van der Waals surface area contributed by atoms with E-state index in [-0.39, 0.29) is 18.9 Å². The Bertz CT molecular complexity index is 357. The Hall–Kier alpha value is -1.17. The van der Waals surface area contributed by atoms with Crippen LogP contribution in [0.3, 0.4) is 0 Å². The number of benzene rings is 1. The van der Waals surface area contributed by atoms with Gasteiger partial charge >= 0.3 is 24.8 Å². The molecule has 0 unspecified atom stereocenters. The molecule has 0 aromatic heterocycles. The molecule has 0 spiro atoms. The van der Waals surface area contributed by atoms with Crippen LogP contribution in [0.25, 0.3) is 6.08 Å². The van der Waals surface area contributed by atoms with Crippen LogP contribution in [0.5, 0.6) is 5.75 Å². The third-order valence-corrected chi connectivity index (χ3v) is 2.07. The van der Waals surface area contributed by atoms with E-state index in [1.165, 1.54) is 0 Å². The number of carbonyl (C=O) groups is 1. The van der Waals surface area contributed by atoms with Crippen molar-refractivity contribution < 1.29 is 33.5 Å². The SMILES string of the molecule is CCCCOc1ccc(/C=C/C(=O)O)cc1.[Li+]. The topological polar surface area (TPSA) is 46.5 Å². The van der Waals surface area contributed by atoms with Gasteiger partial charge in [-0.15, -0.1) is 0 Å². The minimum atomic E-state index is -0.941. The zero-order chi connectivity index (χ0) is 11.8. The van der Waals surface area contributed by atoms with Crippen molar-refractivity contribution in [2.24, 2.45) is 0 Å². The van der Waals surface area contributed by atoms with Gasteiger partial charge in [0, 0.05) is 6.08 Å². The minimum Gasteiger partial charge on any atom is -0.494 e. The summed E-state index contributed by atoms with van der Waals surface area (Å²) in [4.78, 5) is 10.3. The summed E-state index contributed by atoms with van der Waals surface area (Å²) < 4.78 is 5.49. The first-order chi connectivity index (χ1) is 7.72. The summed E-state index contributed by atoms with van der Waals surface area (Å²) in [6, 6.07) is 7.36. The fourth-order valence-corrected chi connectivity index (χ4v) is 1.18. The van der Waals surface area contributed by atoms with Crippen molar-refractivity contribution in [2.45, 2.75) is 19.8 Å². The van der Waals surface area contributed by atoms with Crippen LogP contribution in [-0.2, 0) is 4.79 Å². The first-order valence-corrected chi connectivity index (χ1v) is 5.36. The Morgan fingerprint density at radius 3 is 2.53 bits per heavy atom. The van der Waals surface area contributed by atoms with E-state index in [1.807, 2.05) is 24.3 Å². The van der Waals surface area contributed by atoms with E-state index in [1.54, 1.807) is 6.08 Å². The fraction of sp³-hybridized carbons (Fsp3) is 0.308. The van der Waals surface area contributed by atoms with Gasteiger partial charge in [-0.2, -0.15) is 0 Å². The monoisotopic (exact) mass is 227 g/mol. The molecule has 4 heteroatoms. The molecular weight excluding hydrogens is 211 g/mol. The number of hydrogen-bond acceptors (Lipinski definition) is 2. The molecule has 0 amide bonds. The second kappa shape index (κ2) is 8.92. The second-order valence-electron chi connectivity index (χ2n) is 3.44. The summed E-state index contributed by atoms with van der Waals surface area (Å²) in [5.41, 5.74) is 0.852. The molecule has 86 valence electrons. The van der Waals surface area contributed by atoms with Crippen LogP contribution >= 0.6 is 0 Å². The van der Waals surface area contributed by atoms with Crippen LogP contribution in [0.1, 0.15) is 25.3 Å². The molecular formula is C13H16LiO3+. The number of carboxylic acids is 1. The molecule has 1 aromatic carbocycles. The maximum atomic E-state index is 10.3. The molecule has 0 atom stereocenters. The van der Waals surface area contributed by atoms with Crippen LogP contribution in [0.15, 0.2) is 30.3 Å². The van der Waals surface area contributed by atoms with Crippen LogP contribution < -0.4 is 23.6 Å². The summed E-state index contributed by atoms with van der Waals surface area (Å²) in [5, 5.41) is 8.46. The minimum absolute atomic E-state index is 0. The van der Waals surface area contributed by atoms with Crippen LogP contribution in [-0.4, -0.2) is 17.7 Å². The first kappa shape index (κ1) is 15.8. The van der Waals surface area contributed by atoms with Gasteiger partial charge in [-0.05, 0) is 30.2 Å². The molecule has 0 fully saturated rings. The Balaban J connectivity index is 0.00000256. The van der Waals surface area contributed by atoms with Crippen molar-refractivity contribution in [2.75, 3.05) is 6.61 Å². The molecule has 0 aliphatic heterocycles. The summed E-state index contributed by atoms with van der Waals surface area (Å²) in [6.07, 6.45) is 4.82. The zero-order valence-corrected chi connectivity index (χ0v) is 10.3. The molecule has 0 radical (unpaired) electrons. The average molecular weight is 227 g/mol. The smallest absolute Gasteiger partial charge is 0.494 e. The molecule has 1 rings (SSSR count). The van der Waals surface area contributed by atoms with Crippen LogP contribution in [0.4, 0.5) is 0 Å². The Labute approximate surface area is 114 Å². The van der Waals surface area contributed by atoms with Gasteiger partial charge in [0.1, 0.15) is 5.75 Å². The molecule has 1 aromatic rings. The van der Waals surface area contributed by atoms with E-state index >= 15 is 0 Å². The number of unbranched alkanes of at least 4 members (excludes halogenated alkanes) is 1. The van der Waals surface area contributed by atoms with E-state index in [9.17, 15) is 4.79 Å². The molecule has 0 saturated carbocycles. The van der Waals surface area contributed by atoms with Crippen molar-refractivity contribution in [3.63, 3.8) is 0 Å². The van der Waals surface area contributed by atoms with E-state index < -0.39 is 5.97 Å². The predicted molar refractivity (Wildman–Crippen MR) is 63.5 cm³/mol. The largest absolute Gasteiger partial charge is 1.00 e. The quantitative estimate of drug-likeness (QED) is 0.421. The summed E-state index contributed by atoms with van der Waals surface area (Å²) >= 11 is 0.